The average Bonchev–Trinajstić information content (AvgIpc) is 3.35. The van der Waals surface area contributed by atoms with Crippen LogP contribution in [-0.2, 0) is 0 Å². The molecule has 0 aromatic carbocycles. The molecule has 1 saturated heterocycles. The Hall–Kier alpha value is -2.41. The van der Waals surface area contributed by atoms with Gasteiger partial charge in [-0.3, -0.25) is 15.0 Å². The Bertz CT molecular complexity index is 777. The maximum Gasteiger partial charge on any atom is 0.257 e. The highest BCUT2D eigenvalue weighted by atomic mass is 32.1. The highest BCUT2D eigenvalue weighted by Crippen LogP contribution is 2.30. The minimum atomic E-state index is 0.0476. The van der Waals surface area contributed by atoms with E-state index in [9.17, 15) is 4.79 Å². The number of carbonyl (C=O) groups excluding carboxylic acids is 1. The van der Waals surface area contributed by atoms with Gasteiger partial charge in [0.25, 0.3) is 5.91 Å². The van der Waals surface area contributed by atoms with E-state index in [4.69, 9.17) is 0 Å². The number of amides is 1. The van der Waals surface area contributed by atoms with Crippen molar-refractivity contribution in [1.82, 2.24) is 25.3 Å². The minimum Gasteiger partial charge on any atom is -0.338 e. The fraction of sp³-hybridized carbons (Fsp3) is 0.312. The molecule has 4 rings (SSSR count). The number of piperidine rings is 1. The molecule has 1 atom stereocenters. The van der Waals surface area contributed by atoms with Crippen molar-refractivity contribution in [3.05, 3.63) is 47.2 Å². The summed E-state index contributed by atoms with van der Waals surface area (Å²) >= 11 is 1.60. The van der Waals surface area contributed by atoms with Gasteiger partial charge < -0.3 is 4.90 Å². The first-order valence-corrected chi connectivity index (χ1v) is 8.56. The third kappa shape index (κ3) is 2.68. The Balaban J connectivity index is 1.56. The van der Waals surface area contributed by atoms with Crippen molar-refractivity contribution >= 4 is 17.2 Å². The normalized spacial score (nSPS) is 18.3. The van der Waals surface area contributed by atoms with Crippen LogP contribution in [0.2, 0.25) is 0 Å². The zero-order valence-electron chi connectivity index (χ0n) is 12.5. The van der Waals surface area contributed by atoms with Crippen LogP contribution in [0.15, 0.2) is 36.0 Å². The number of rotatable bonds is 3. The molecule has 1 aliphatic heterocycles. The molecule has 1 unspecified atom stereocenters. The van der Waals surface area contributed by atoms with Crippen LogP contribution in [-0.4, -0.2) is 44.3 Å². The van der Waals surface area contributed by atoms with E-state index in [1.807, 2.05) is 28.5 Å². The lowest BCUT2D eigenvalue weighted by Crippen LogP contribution is -2.39. The largest absolute Gasteiger partial charge is 0.338 e. The predicted octanol–water partition coefficient (Wildman–Crippen LogP) is 2.88. The molecular formula is C16H17N5OS. The molecule has 23 heavy (non-hydrogen) atoms. The first-order valence-electron chi connectivity index (χ1n) is 7.68. The standard InChI is InChI=1S/C16H17N5OS/c22-16(12-9-18-20-15(12)14-4-2-8-23-14)21-7-1-3-11(10-21)13-5-6-17-19-13/h2,4-6,8-9,11H,1,3,7,10H2,(H,17,19)(H,18,20). The lowest BCUT2D eigenvalue weighted by Gasteiger charge is -2.32. The molecule has 7 heteroatoms. The summed E-state index contributed by atoms with van der Waals surface area (Å²) in [7, 11) is 0. The monoisotopic (exact) mass is 327 g/mol. The second-order valence-electron chi connectivity index (χ2n) is 5.74. The maximum absolute atomic E-state index is 12.9. The number of carbonyl (C=O) groups is 1. The van der Waals surface area contributed by atoms with E-state index in [0.717, 1.165) is 42.2 Å². The Morgan fingerprint density at radius 1 is 1.30 bits per heavy atom. The van der Waals surface area contributed by atoms with E-state index in [1.165, 1.54) is 0 Å². The number of hydrogen-bond acceptors (Lipinski definition) is 4. The van der Waals surface area contributed by atoms with Crippen LogP contribution in [0, 0.1) is 0 Å². The van der Waals surface area contributed by atoms with E-state index in [1.54, 1.807) is 23.7 Å². The zero-order valence-corrected chi connectivity index (χ0v) is 13.3. The molecule has 0 bridgehead atoms. The first-order chi connectivity index (χ1) is 11.3. The number of thiophene rings is 1. The van der Waals surface area contributed by atoms with Gasteiger partial charge in [0.2, 0.25) is 0 Å². The van der Waals surface area contributed by atoms with Gasteiger partial charge in [-0.2, -0.15) is 10.2 Å². The topological polar surface area (TPSA) is 77.7 Å². The molecule has 3 aromatic rings. The fourth-order valence-electron chi connectivity index (χ4n) is 3.14. The molecule has 1 fully saturated rings. The summed E-state index contributed by atoms with van der Waals surface area (Å²) in [5.41, 5.74) is 2.57. The number of H-pyrrole nitrogens is 2. The molecule has 1 aliphatic rings. The average molecular weight is 327 g/mol. The Labute approximate surface area is 137 Å². The van der Waals surface area contributed by atoms with Crippen molar-refractivity contribution in [1.29, 1.82) is 0 Å². The van der Waals surface area contributed by atoms with E-state index < -0.39 is 0 Å². The van der Waals surface area contributed by atoms with E-state index in [-0.39, 0.29) is 5.91 Å². The van der Waals surface area contributed by atoms with Crippen molar-refractivity contribution in [2.45, 2.75) is 18.8 Å². The van der Waals surface area contributed by atoms with E-state index in [0.29, 0.717) is 11.5 Å². The maximum atomic E-state index is 12.9. The van der Waals surface area contributed by atoms with Gasteiger partial charge in [0, 0.05) is 30.9 Å². The van der Waals surface area contributed by atoms with Gasteiger partial charge in [-0.25, -0.2) is 0 Å². The number of likely N-dealkylation sites (tertiary alicyclic amines) is 1. The van der Waals surface area contributed by atoms with Gasteiger partial charge in [-0.1, -0.05) is 6.07 Å². The highest BCUT2D eigenvalue weighted by Gasteiger charge is 2.28. The first kappa shape index (κ1) is 14.2. The van der Waals surface area contributed by atoms with Crippen LogP contribution in [0.4, 0.5) is 0 Å². The van der Waals surface area contributed by atoms with Crippen LogP contribution in [0.25, 0.3) is 10.6 Å². The molecule has 1 amide bonds. The number of aromatic amines is 2. The molecule has 118 valence electrons. The van der Waals surface area contributed by atoms with Crippen LogP contribution >= 0.6 is 11.3 Å². The number of nitrogens with one attached hydrogen (secondary N) is 2. The number of aromatic nitrogens is 4. The third-order valence-electron chi connectivity index (χ3n) is 4.31. The highest BCUT2D eigenvalue weighted by molar-refractivity contribution is 7.13. The molecule has 6 nitrogen and oxygen atoms in total. The van der Waals surface area contributed by atoms with Gasteiger partial charge in [0.1, 0.15) is 0 Å². The van der Waals surface area contributed by atoms with Crippen LogP contribution in [0.5, 0.6) is 0 Å². The van der Waals surface area contributed by atoms with Crippen molar-refractivity contribution in [3.63, 3.8) is 0 Å². The minimum absolute atomic E-state index is 0.0476. The van der Waals surface area contributed by atoms with Gasteiger partial charge >= 0.3 is 0 Å². The molecule has 2 N–H and O–H groups in total. The molecule has 0 radical (unpaired) electrons. The van der Waals surface area contributed by atoms with Crippen molar-refractivity contribution < 1.29 is 4.79 Å². The van der Waals surface area contributed by atoms with Crippen molar-refractivity contribution in [2.75, 3.05) is 13.1 Å². The van der Waals surface area contributed by atoms with E-state index >= 15 is 0 Å². The Morgan fingerprint density at radius 2 is 2.26 bits per heavy atom. The summed E-state index contributed by atoms with van der Waals surface area (Å²) in [5.74, 6) is 0.374. The summed E-state index contributed by atoms with van der Waals surface area (Å²) in [6.45, 7) is 1.51. The van der Waals surface area contributed by atoms with Crippen molar-refractivity contribution in [2.24, 2.45) is 0 Å². The van der Waals surface area contributed by atoms with Gasteiger partial charge in [0.15, 0.2) is 0 Å². The third-order valence-corrected chi connectivity index (χ3v) is 5.20. The second-order valence-corrected chi connectivity index (χ2v) is 6.69. The number of hydrogen-bond donors (Lipinski definition) is 2. The molecule has 3 aromatic heterocycles. The molecule has 0 aliphatic carbocycles. The van der Waals surface area contributed by atoms with Gasteiger partial charge in [-0.15, -0.1) is 11.3 Å². The molecule has 4 heterocycles. The fourth-order valence-corrected chi connectivity index (χ4v) is 3.87. The number of nitrogens with zero attached hydrogens (tertiary/aromatic N) is 3. The lowest BCUT2D eigenvalue weighted by atomic mass is 9.94. The Kier molecular flexibility index (Phi) is 3.70. The SMILES string of the molecule is O=C(c1cn[nH]c1-c1cccs1)N1CCCC(c2ccn[nH]2)C1. The van der Waals surface area contributed by atoms with Gasteiger partial charge in [-0.05, 0) is 30.4 Å². The summed E-state index contributed by atoms with van der Waals surface area (Å²) in [6, 6.07) is 5.97. The molecule has 0 saturated carbocycles. The smallest absolute Gasteiger partial charge is 0.257 e. The summed E-state index contributed by atoms with van der Waals surface area (Å²) in [4.78, 5) is 15.9. The predicted molar refractivity (Wildman–Crippen MR) is 88.4 cm³/mol. The lowest BCUT2D eigenvalue weighted by molar-refractivity contribution is 0.0706. The van der Waals surface area contributed by atoms with Crippen LogP contribution in [0.3, 0.4) is 0 Å². The summed E-state index contributed by atoms with van der Waals surface area (Å²) in [6.07, 6.45) is 5.48. The molecule has 0 spiro atoms. The quantitative estimate of drug-likeness (QED) is 0.776. The zero-order chi connectivity index (χ0) is 15.6. The summed E-state index contributed by atoms with van der Waals surface area (Å²) in [5, 5.41) is 16.1. The van der Waals surface area contributed by atoms with Crippen LogP contribution in [0.1, 0.15) is 34.8 Å². The van der Waals surface area contributed by atoms with Gasteiger partial charge in [0.05, 0.1) is 22.3 Å². The Morgan fingerprint density at radius 3 is 3.04 bits per heavy atom. The summed E-state index contributed by atoms with van der Waals surface area (Å²) < 4.78 is 0. The van der Waals surface area contributed by atoms with Crippen LogP contribution < -0.4 is 0 Å². The van der Waals surface area contributed by atoms with Crippen molar-refractivity contribution in [3.8, 4) is 10.6 Å². The second kappa shape index (κ2) is 6.00. The molecular weight excluding hydrogens is 310 g/mol. The van der Waals surface area contributed by atoms with E-state index in [2.05, 4.69) is 20.4 Å².